The molecule has 3 aromatic rings. The molecule has 0 radical (unpaired) electrons. The van der Waals surface area contributed by atoms with Crippen LogP contribution in [0.15, 0.2) is 48.5 Å². The van der Waals surface area contributed by atoms with Crippen molar-refractivity contribution in [2.45, 2.75) is 5.38 Å². The highest BCUT2D eigenvalue weighted by atomic mass is 35.5. The minimum atomic E-state index is -0.938. The molecule has 1 unspecified atom stereocenters. The standard InChI is InChI=1S/C16H9ClN4O3/c17-13-14-15(19-12-4-2-1-3-11(12)18-14)20(16(13)22)9-5-7-10(8-6-9)21(23)24/h1-8,13H. The average molecular weight is 341 g/mol. The molecule has 1 aliphatic heterocycles. The van der Waals surface area contributed by atoms with E-state index in [1.807, 2.05) is 12.1 Å². The second-order valence-electron chi connectivity index (χ2n) is 5.23. The molecule has 0 saturated carbocycles. The second-order valence-corrected chi connectivity index (χ2v) is 5.67. The minimum absolute atomic E-state index is 0.0577. The number of nitrogens with zero attached hydrogens (tertiary/aromatic N) is 4. The van der Waals surface area contributed by atoms with Gasteiger partial charge in [-0.25, -0.2) is 9.97 Å². The smallest absolute Gasteiger partial charge is 0.269 e. The van der Waals surface area contributed by atoms with Gasteiger partial charge >= 0.3 is 0 Å². The Bertz CT molecular complexity index is 990. The minimum Gasteiger partial charge on any atom is -0.272 e. The van der Waals surface area contributed by atoms with E-state index < -0.39 is 10.3 Å². The lowest BCUT2D eigenvalue weighted by Crippen LogP contribution is -2.22. The summed E-state index contributed by atoms with van der Waals surface area (Å²) in [5.74, 6) is -0.0246. The van der Waals surface area contributed by atoms with Gasteiger partial charge in [-0.15, -0.1) is 11.6 Å². The molecule has 0 spiro atoms. The third kappa shape index (κ3) is 2.10. The molecule has 1 aromatic heterocycles. The van der Waals surface area contributed by atoms with E-state index in [1.54, 1.807) is 12.1 Å². The van der Waals surface area contributed by atoms with Crippen molar-refractivity contribution in [3.05, 3.63) is 64.3 Å². The summed E-state index contributed by atoms with van der Waals surface area (Å²) >= 11 is 6.22. The number of alkyl halides is 1. The summed E-state index contributed by atoms with van der Waals surface area (Å²) in [4.78, 5) is 33.1. The number of aromatic nitrogens is 2. The number of carbonyl (C=O) groups excluding carboxylic acids is 1. The van der Waals surface area contributed by atoms with Crippen LogP contribution in [0.1, 0.15) is 11.1 Å². The van der Waals surface area contributed by atoms with Crippen LogP contribution in [0.4, 0.5) is 17.2 Å². The Balaban J connectivity index is 1.87. The van der Waals surface area contributed by atoms with E-state index in [9.17, 15) is 14.9 Å². The van der Waals surface area contributed by atoms with Crippen LogP contribution in [0.5, 0.6) is 0 Å². The van der Waals surface area contributed by atoms with E-state index in [0.29, 0.717) is 28.2 Å². The molecule has 8 heteroatoms. The van der Waals surface area contributed by atoms with Gasteiger partial charge in [0.25, 0.3) is 11.6 Å². The number of amides is 1. The van der Waals surface area contributed by atoms with Gasteiger partial charge in [0.15, 0.2) is 11.2 Å². The lowest BCUT2D eigenvalue weighted by atomic mass is 10.2. The zero-order valence-electron chi connectivity index (χ0n) is 12.1. The molecule has 118 valence electrons. The third-order valence-corrected chi connectivity index (χ3v) is 4.18. The summed E-state index contributed by atoms with van der Waals surface area (Å²) in [7, 11) is 0. The Labute approximate surface area is 140 Å². The van der Waals surface area contributed by atoms with Gasteiger partial charge < -0.3 is 0 Å². The first-order valence-corrected chi connectivity index (χ1v) is 7.49. The van der Waals surface area contributed by atoms with Crippen LogP contribution < -0.4 is 4.90 Å². The molecular weight excluding hydrogens is 332 g/mol. The third-order valence-electron chi connectivity index (χ3n) is 3.79. The molecule has 0 N–H and O–H groups in total. The number of carbonyl (C=O) groups is 1. The van der Waals surface area contributed by atoms with Crippen LogP contribution >= 0.6 is 11.6 Å². The van der Waals surface area contributed by atoms with E-state index in [4.69, 9.17) is 11.6 Å². The molecule has 0 fully saturated rings. The molecule has 1 amide bonds. The van der Waals surface area contributed by atoms with Gasteiger partial charge in [0.2, 0.25) is 0 Å². The van der Waals surface area contributed by atoms with Crippen molar-refractivity contribution in [3.63, 3.8) is 0 Å². The van der Waals surface area contributed by atoms with Gasteiger partial charge in [-0.3, -0.25) is 19.8 Å². The number of halogens is 1. The maximum atomic E-state index is 12.5. The summed E-state index contributed by atoms with van der Waals surface area (Å²) < 4.78 is 0. The van der Waals surface area contributed by atoms with Crippen LogP contribution in [0, 0.1) is 10.1 Å². The molecule has 0 aliphatic carbocycles. The van der Waals surface area contributed by atoms with E-state index in [2.05, 4.69) is 9.97 Å². The number of anilines is 2. The highest BCUT2D eigenvalue weighted by Crippen LogP contribution is 2.42. The molecule has 1 atom stereocenters. The van der Waals surface area contributed by atoms with E-state index in [1.165, 1.54) is 29.2 Å². The molecule has 0 bridgehead atoms. The number of rotatable bonds is 2. The SMILES string of the molecule is O=C1C(Cl)c2nc3ccccc3nc2N1c1ccc([N+](=O)[O-])cc1. The fourth-order valence-electron chi connectivity index (χ4n) is 2.65. The Morgan fingerprint density at radius 2 is 1.67 bits per heavy atom. The lowest BCUT2D eigenvalue weighted by Gasteiger charge is -2.16. The Morgan fingerprint density at radius 3 is 2.29 bits per heavy atom. The number of benzene rings is 2. The molecule has 7 nitrogen and oxygen atoms in total. The highest BCUT2D eigenvalue weighted by Gasteiger charge is 2.40. The van der Waals surface area contributed by atoms with Crippen LogP contribution in [-0.2, 0) is 4.79 Å². The largest absolute Gasteiger partial charge is 0.272 e. The predicted octanol–water partition coefficient (Wildman–Crippen LogP) is 3.50. The average Bonchev–Trinajstić information content (AvgIpc) is 2.84. The van der Waals surface area contributed by atoms with Gasteiger partial charge in [-0.2, -0.15) is 0 Å². The quantitative estimate of drug-likeness (QED) is 0.404. The molecule has 1 aliphatic rings. The lowest BCUT2D eigenvalue weighted by molar-refractivity contribution is -0.384. The van der Waals surface area contributed by atoms with E-state index in [-0.39, 0.29) is 11.6 Å². The molecule has 2 heterocycles. The van der Waals surface area contributed by atoms with Crippen LogP contribution in [0.2, 0.25) is 0 Å². The summed E-state index contributed by atoms with van der Waals surface area (Å²) in [6, 6.07) is 12.9. The topological polar surface area (TPSA) is 89.2 Å². The Morgan fingerprint density at radius 1 is 1.04 bits per heavy atom. The van der Waals surface area contributed by atoms with Gasteiger partial charge in [0, 0.05) is 12.1 Å². The normalized spacial score (nSPS) is 16.5. The first-order valence-electron chi connectivity index (χ1n) is 7.05. The molecule has 24 heavy (non-hydrogen) atoms. The first-order chi connectivity index (χ1) is 11.6. The number of non-ortho nitro benzene ring substituents is 1. The van der Waals surface area contributed by atoms with Crippen molar-refractivity contribution in [2.75, 3.05) is 4.90 Å². The molecule has 0 saturated heterocycles. The summed E-state index contributed by atoms with van der Waals surface area (Å²) in [5.41, 5.74) is 2.08. The Hall–Kier alpha value is -3.06. The van der Waals surface area contributed by atoms with Gasteiger partial charge in [0.05, 0.1) is 21.6 Å². The fourth-order valence-corrected chi connectivity index (χ4v) is 2.89. The fraction of sp³-hybridized carbons (Fsp3) is 0.0625. The number of fused-ring (bicyclic) bond motifs is 2. The Kier molecular flexibility index (Phi) is 3.17. The maximum Gasteiger partial charge on any atom is 0.269 e. The zero-order valence-corrected chi connectivity index (χ0v) is 12.8. The van der Waals surface area contributed by atoms with Gasteiger partial charge in [-0.05, 0) is 24.3 Å². The molecule has 4 rings (SSSR count). The van der Waals surface area contributed by atoms with E-state index >= 15 is 0 Å². The van der Waals surface area contributed by atoms with Crippen molar-refractivity contribution < 1.29 is 9.72 Å². The maximum absolute atomic E-state index is 12.5. The highest BCUT2D eigenvalue weighted by molar-refractivity contribution is 6.36. The number of nitro groups is 1. The summed E-state index contributed by atoms with van der Waals surface area (Å²) in [5, 5.41) is 9.84. The number of hydrogen-bond donors (Lipinski definition) is 0. The van der Waals surface area contributed by atoms with Crippen LogP contribution in [0.25, 0.3) is 11.0 Å². The van der Waals surface area contributed by atoms with Crippen molar-refractivity contribution in [1.82, 2.24) is 9.97 Å². The molecule has 2 aromatic carbocycles. The monoisotopic (exact) mass is 340 g/mol. The number of para-hydroxylation sites is 2. The van der Waals surface area contributed by atoms with Gasteiger partial charge in [0.1, 0.15) is 5.69 Å². The van der Waals surface area contributed by atoms with Crippen LogP contribution in [0.3, 0.4) is 0 Å². The predicted molar refractivity (Wildman–Crippen MR) is 88.4 cm³/mol. The van der Waals surface area contributed by atoms with Crippen LogP contribution in [-0.4, -0.2) is 20.8 Å². The number of hydrogen-bond acceptors (Lipinski definition) is 5. The van der Waals surface area contributed by atoms with E-state index in [0.717, 1.165) is 0 Å². The zero-order chi connectivity index (χ0) is 16.8. The number of nitro benzene ring substituents is 1. The summed E-state index contributed by atoms with van der Waals surface area (Å²) in [6.07, 6.45) is 0. The van der Waals surface area contributed by atoms with Crippen molar-refractivity contribution in [2.24, 2.45) is 0 Å². The first kappa shape index (κ1) is 14.5. The summed E-state index contributed by atoms with van der Waals surface area (Å²) in [6.45, 7) is 0. The van der Waals surface area contributed by atoms with Gasteiger partial charge in [-0.1, -0.05) is 12.1 Å². The molecular formula is C16H9ClN4O3. The van der Waals surface area contributed by atoms with Crippen molar-refractivity contribution in [3.8, 4) is 0 Å². The van der Waals surface area contributed by atoms with Crippen molar-refractivity contribution >= 4 is 45.7 Å². The second kappa shape index (κ2) is 5.24. The van der Waals surface area contributed by atoms with Crippen molar-refractivity contribution in [1.29, 1.82) is 0 Å².